The molecule has 0 spiro atoms. The molecular weight excluding hydrogens is 818 g/mol. The average molecular weight is 869 g/mol. The lowest BCUT2D eigenvalue weighted by Crippen LogP contribution is -2.57. The van der Waals surface area contributed by atoms with E-state index in [-0.39, 0.29) is 67.8 Å². The number of sulfonamides is 1. The molecule has 2 N–H and O–H groups in total. The molecule has 4 aliphatic carbocycles. The van der Waals surface area contributed by atoms with Crippen molar-refractivity contribution in [2.45, 2.75) is 125 Å². The molecule has 4 saturated carbocycles. The fraction of sp³-hybridized carbons (Fsp3) is 0.610. The van der Waals surface area contributed by atoms with E-state index in [4.69, 9.17) is 14.5 Å². The summed E-state index contributed by atoms with van der Waals surface area (Å²) < 4.78 is 42.6. The van der Waals surface area contributed by atoms with E-state index in [1.807, 2.05) is 12.2 Å². The highest BCUT2D eigenvalue weighted by molar-refractivity contribution is 9.10. The summed E-state index contributed by atoms with van der Waals surface area (Å²) in [6.45, 7) is 3.92. The Morgan fingerprint density at radius 1 is 0.982 bits per heavy atom. The third-order valence-corrected chi connectivity index (χ3v) is 15.3. The lowest BCUT2D eigenvalue weighted by Gasteiger charge is -2.32. The van der Waals surface area contributed by atoms with E-state index in [0.717, 1.165) is 62.3 Å². The quantitative estimate of drug-likeness (QED) is 0.298. The fourth-order valence-corrected chi connectivity index (χ4v) is 11.2. The standard InChI is InChI=1S/C41H50BrN5O9S/c1-2-26-22-41(26,39(52)45-57(53,54)29-15-16-29)44-36(49)33-20-28-23-47(33)38(51)31(24-9-5-6-10-24)21-35(48)56-34-13-8-12-25(34)11-4-3-7-18-46-37(50)30-17-14-27(42)19-32(30)43-40(46)55-28/h2-3,7,14,17,19,24-26,28-29,31,33-34H,1,4-6,8-13,15-16,18,20-23H2,(H,44,49)(H,45,52)/b7-3+/t25-,26-,28-,31+,33+,34-,41-/m1/s1. The maximum atomic E-state index is 14.9. The van der Waals surface area contributed by atoms with Gasteiger partial charge in [0.25, 0.3) is 17.5 Å². The Kier molecular flexibility index (Phi) is 11.1. The first-order valence-corrected chi connectivity index (χ1v) is 22.7. The molecule has 2 aromatic rings. The molecule has 0 unspecified atom stereocenters. The van der Waals surface area contributed by atoms with Crippen molar-refractivity contribution >= 4 is 60.5 Å². The molecule has 14 nitrogen and oxygen atoms in total. The highest BCUT2D eigenvalue weighted by Gasteiger charge is 2.62. The first-order chi connectivity index (χ1) is 27.4. The van der Waals surface area contributed by atoms with Gasteiger partial charge in [-0.2, -0.15) is 4.98 Å². The smallest absolute Gasteiger partial charge is 0.306 e. The predicted molar refractivity (Wildman–Crippen MR) is 213 cm³/mol. The van der Waals surface area contributed by atoms with Crippen molar-refractivity contribution in [2.75, 3.05) is 6.54 Å². The van der Waals surface area contributed by atoms with Gasteiger partial charge < -0.3 is 19.7 Å². The van der Waals surface area contributed by atoms with Crippen molar-refractivity contribution in [2.24, 2.45) is 23.7 Å². The summed E-state index contributed by atoms with van der Waals surface area (Å²) in [6.07, 6.45) is 12.8. The Bertz CT molecular complexity index is 2170. The molecule has 2 aliphatic heterocycles. The van der Waals surface area contributed by atoms with E-state index in [1.54, 1.807) is 18.2 Å². The number of fused-ring (bicyclic) bond motifs is 5. The second-order valence-corrected chi connectivity index (χ2v) is 19.6. The number of halogens is 1. The normalized spacial score (nSPS) is 31.6. The highest BCUT2D eigenvalue weighted by atomic mass is 79.9. The van der Waals surface area contributed by atoms with Gasteiger partial charge in [0.15, 0.2) is 0 Å². The number of amides is 3. The maximum Gasteiger partial charge on any atom is 0.306 e. The number of allylic oxidation sites excluding steroid dienone is 2. The number of esters is 1. The topological polar surface area (TPSA) is 183 Å². The van der Waals surface area contributed by atoms with Crippen LogP contribution in [0.3, 0.4) is 0 Å². The second-order valence-electron chi connectivity index (χ2n) is 16.8. The van der Waals surface area contributed by atoms with Gasteiger partial charge in [0.1, 0.15) is 23.8 Å². The molecule has 0 radical (unpaired) electrons. The predicted octanol–water partition coefficient (Wildman–Crippen LogP) is 4.44. The van der Waals surface area contributed by atoms with Crippen molar-refractivity contribution in [3.8, 4) is 6.01 Å². The van der Waals surface area contributed by atoms with Crippen molar-refractivity contribution in [3.05, 3.63) is 57.8 Å². The van der Waals surface area contributed by atoms with Gasteiger partial charge in [-0.25, -0.2) is 8.42 Å². The minimum Gasteiger partial charge on any atom is -0.462 e. The van der Waals surface area contributed by atoms with Crippen LogP contribution in [0, 0.1) is 23.7 Å². The summed E-state index contributed by atoms with van der Waals surface area (Å²) in [5.74, 6) is -3.47. The third-order valence-electron chi connectivity index (χ3n) is 13.0. The van der Waals surface area contributed by atoms with E-state index in [2.05, 4.69) is 32.5 Å². The summed E-state index contributed by atoms with van der Waals surface area (Å²) in [6, 6.07) is 4.10. The van der Waals surface area contributed by atoms with Gasteiger partial charge in [0.2, 0.25) is 21.8 Å². The van der Waals surface area contributed by atoms with Crippen molar-refractivity contribution in [1.29, 1.82) is 0 Å². The number of rotatable bonds is 7. The number of aromatic nitrogens is 2. The van der Waals surface area contributed by atoms with Gasteiger partial charge in [0.05, 0.1) is 35.0 Å². The molecule has 1 aromatic heterocycles. The van der Waals surface area contributed by atoms with E-state index < -0.39 is 62.6 Å². The monoisotopic (exact) mass is 867 g/mol. The van der Waals surface area contributed by atoms with Crippen molar-refractivity contribution in [1.82, 2.24) is 24.5 Å². The van der Waals surface area contributed by atoms with Crippen LogP contribution in [0.1, 0.15) is 89.9 Å². The molecule has 8 rings (SSSR count). The lowest BCUT2D eigenvalue weighted by molar-refractivity contribution is -0.156. The zero-order valence-corrected chi connectivity index (χ0v) is 34.3. The SMILES string of the molecule is C=C[C@@H]1C[C@]1(NC(=O)[C@@H]1C[C@@H]2CN1C(=O)[C@H](C1CCCC1)CC(=O)O[C@@H]1CCC[C@H]1CC/C=C/Cn1c(nc3cc(Br)ccc3c1=O)O2)C(=O)NS(=O)(=O)C1CC1. The van der Waals surface area contributed by atoms with Gasteiger partial charge in [0, 0.05) is 23.4 Å². The van der Waals surface area contributed by atoms with Crippen LogP contribution in [0.15, 0.2) is 52.3 Å². The highest BCUT2D eigenvalue weighted by Crippen LogP contribution is 2.46. The van der Waals surface area contributed by atoms with Crippen LogP contribution in [-0.4, -0.2) is 82.1 Å². The van der Waals surface area contributed by atoms with Crippen LogP contribution >= 0.6 is 15.9 Å². The second kappa shape index (κ2) is 16.0. The Morgan fingerprint density at radius 2 is 1.75 bits per heavy atom. The van der Waals surface area contributed by atoms with Crippen molar-refractivity contribution < 1.29 is 37.1 Å². The molecular formula is C41H50BrN5O9S. The van der Waals surface area contributed by atoms with Gasteiger partial charge >= 0.3 is 5.97 Å². The van der Waals surface area contributed by atoms with Crippen LogP contribution in [0.25, 0.3) is 10.9 Å². The minimum atomic E-state index is -3.91. The van der Waals surface area contributed by atoms with Crippen LogP contribution in [0.2, 0.25) is 0 Å². The summed E-state index contributed by atoms with van der Waals surface area (Å²) in [5, 5.41) is 2.60. The van der Waals surface area contributed by atoms with E-state index in [0.29, 0.717) is 23.7 Å². The Labute approximate surface area is 340 Å². The van der Waals surface area contributed by atoms with Gasteiger partial charge in [-0.1, -0.05) is 47.0 Å². The van der Waals surface area contributed by atoms with Crippen LogP contribution in [-0.2, 0) is 40.5 Å². The molecule has 57 heavy (non-hydrogen) atoms. The largest absolute Gasteiger partial charge is 0.462 e. The van der Waals surface area contributed by atoms with Crippen LogP contribution in [0.4, 0.5) is 0 Å². The molecule has 16 heteroatoms. The Morgan fingerprint density at radius 3 is 2.49 bits per heavy atom. The number of carbonyl (C=O) groups excluding carboxylic acids is 4. The van der Waals surface area contributed by atoms with E-state index in [1.165, 1.54) is 15.5 Å². The number of nitrogens with one attached hydrogen (secondary N) is 2. The number of hydrogen-bond acceptors (Lipinski definition) is 10. The summed E-state index contributed by atoms with van der Waals surface area (Å²) in [4.78, 5) is 76.9. The molecule has 3 amide bonds. The number of hydrogen-bond donors (Lipinski definition) is 2. The number of carbonyl (C=O) groups is 4. The van der Waals surface area contributed by atoms with E-state index >= 15 is 0 Å². The molecule has 3 heterocycles. The molecule has 2 bridgehead atoms. The number of nitrogens with zero attached hydrogens (tertiary/aromatic N) is 3. The summed E-state index contributed by atoms with van der Waals surface area (Å²) >= 11 is 3.47. The molecule has 5 fully saturated rings. The molecule has 6 aliphatic rings. The van der Waals surface area contributed by atoms with Gasteiger partial charge in [-0.15, -0.1) is 6.58 Å². The zero-order chi connectivity index (χ0) is 40.1. The number of benzene rings is 1. The molecule has 7 atom stereocenters. The summed E-state index contributed by atoms with van der Waals surface area (Å²) in [7, 11) is -3.91. The average Bonchev–Trinajstić information content (AvgIpc) is 3.96. The van der Waals surface area contributed by atoms with Gasteiger partial charge in [-0.3, -0.25) is 33.3 Å². The third kappa shape index (κ3) is 8.17. The Balaban J connectivity index is 1.15. The zero-order valence-electron chi connectivity index (χ0n) is 31.9. The first kappa shape index (κ1) is 39.8. The van der Waals surface area contributed by atoms with Gasteiger partial charge in [-0.05, 0) is 94.2 Å². The molecule has 306 valence electrons. The molecule has 1 saturated heterocycles. The molecule has 1 aromatic carbocycles. The van der Waals surface area contributed by atoms with Crippen molar-refractivity contribution in [3.63, 3.8) is 0 Å². The first-order valence-electron chi connectivity index (χ1n) is 20.4. The fourth-order valence-electron chi connectivity index (χ4n) is 9.49. The van der Waals surface area contributed by atoms with Crippen LogP contribution in [0.5, 0.6) is 6.01 Å². The Hall–Kier alpha value is -4.05. The lowest BCUT2D eigenvalue weighted by atomic mass is 9.86. The number of ether oxygens (including phenoxy) is 2. The van der Waals surface area contributed by atoms with Crippen LogP contribution < -0.4 is 20.3 Å². The maximum absolute atomic E-state index is 14.9. The summed E-state index contributed by atoms with van der Waals surface area (Å²) in [5.41, 5.74) is -1.45. The van der Waals surface area contributed by atoms with E-state index in [9.17, 15) is 32.4 Å². The minimum absolute atomic E-state index is 0.0117.